The van der Waals surface area contributed by atoms with E-state index in [1.807, 2.05) is 32.6 Å². The van der Waals surface area contributed by atoms with Crippen LogP contribution in [0.4, 0.5) is 16.4 Å². The third kappa shape index (κ3) is 4.61. The van der Waals surface area contributed by atoms with Gasteiger partial charge in [0.1, 0.15) is 10.2 Å². The van der Waals surface area contributed by atoms with Crippen LogP contribution in [0, 0.1) is 5.41 Å². The summed E-state index contributed by atoms with van der Waals surface area (Å²) in [6, 6.07) is -0.175. The molecule has 0 saturated carbocycles. The van der Waals surface area contributed by atoms with Gasteiger partial charge in [0.25, 0.3) is 5.91 Å². The number of nitrogen functional groups attached to an aromatic ring is 1. The Balaban J connectivity index is 1.76. The first-order chi connectivity index (χ1) is 13.9. The predicted molar refractivity (Wildman–Crippen MR) is 115 cm³/mol. The van der Waals surface area contributed by atoms with E-state index in [1.54, 1.807) is 0 Å². The lowest BCUT2D eigenvalue weighted by Crippen LogP contribution is -2.55. The number of alkyl carbamates (subject to hydrolysis) is 1. The number of carbonyl (C=O) groups excluding carboxylic acids is 2. The number of nitrogens with one attached hydrogen (secondary N) is 1. The van der Waals surface area contributed by atoms with Gasteiger partial charge in [0.15, 0.2) is 17.3 Å². The van der Waals surface area contributed by atoms with Crippen LogP contribution in [0.25, 0.3) is 0 Å². The quantitative estimate of drug-likeness (QED) is 0.588. The molecule has 3 heterocycles. The summed E-state index contributed by atoms with van der Waals surface area (Å²) in [5.74, 6) is -0.0972. The highest BCUT2D eigenvalue weighted by molar-refractivity contribution is 9.10. The van der Waals surface area contributed by atoms with Gasteiger partial charge in [-0.05, 0) is 56.5 Å². The Morgan fingerprint density at radius 2 is 1.93 bits per heavy atom. The van der Waals surface area contributed by atoms with Crippen molar-refractivity contribution in [3.8, 4) is 0 Å². The largest absolute Gasteiger partial charge is 0.444 e. The van der Waals surface area contributed by atoms with Crippen molar-refractivity contribution in [3.63, 3.8) is 0 Å². The van der Waals surface area contributed by atoms with Crippen molar-refractivity contribution >= 4 is 39.6 Å². The van der Waals surface area contributed by atoms with E-state index in [0.717, 1.165) is 12.8 Å². The molecular weight excluding hydrogens is 456 g/mol. The summed E-state index contributed by atoms with van der Waals surface area (Å²) in [6.45, 7) is 9.18. The standard InChI is InChI=1S/C19H29BrN6O4/c1-10-12(24-17(28)30-18(2,3)4)19(9-29-10)5-7-26(8-6-19)16-11(15(22)27)23-13(20)14(21)25-16/h10,12H,5-9H2,1-4H3,(H2,21,25)(H2,22,27)(H,24,28)/t10-,12+/m0/s1. The summed E-state index contributed by atoms with van der Waals surface area (Å²) in [5.41, 5.74) is 10.6. The van der Waals surface area contributed by atoms with Gasteiger partial charge in [-0.3, -0.25) is 4.79 Å². The van der Waals surface area contributed by atoms with Gasteiger partial charge in [-0.2, -0.15) is 0 Å². The number of hydrogen-bond acceptors (Lipinski definition) is 8. The molecule has 10 nitrogen and oxygen atoms in total. The molecule has 2 saturated heterocycles. The Bertz CT molecular complexity index is 835. The third-order valence-corrected chi connectivity index (χ3v) is 6.17. The second kappa shape index (κ2) is 8.18. The molecule has 2 amide bonds. The number of aromatic nitrogens is 2. The zero-order chi connectivity index (χ0) is 22.3. The first-order valence-corrected chi connectivity index (χ1v) is 10.7. The molecule has 3 rings (SSSR count). The SMILES string of the molecule is C[C@@H]1OCC2(CCN(c3nc(N)c(Br)nc3C(N)=O)CC2)[C@@H]1NC(=O)OC(C)(C)C. The number of anilines is 2. The zero-order valence-electron chi connectivity index (χ0n) is 17.7. The maximum Gasteiger partial charge on any atom is 0.407 e. The lowest BCUT2D eigenvalue weighted by Gasteiger charge is -2.43. The second-order valence-corrected chi connectivity index (χ2v) is 9.68. The Kier molecular flexibility index (Phi) is 6.15. The predicted octanol–water partition coefficient (Wildman–Crippen LogP) is 1.82. The average molecular weight is 485 g/mol. The number of carbonyl (C=O) groups is 2. The molecule has 0 bridgehead atoms. The lowest BCUT2D eigenvalue weighted by molar-refractivity contribution is 0.0434. The van der Waals surface area contributed by atoms with Crippen molar-refractivity contribution in [2.75, 3.05) is 30.3 Å². The van der Waals surface area contributed by atoms with Gasteiger partial charge in [-0.15, -0.1) is 0 Å². The van der Waals surface area contributed by atoms with Crippen molar-refractivity contribution in [1.82, 2.24) is 15.3 Å². The summed E-state index contributed by atoms with van der Waals surface area (Å²) < 4.78 is 11.6. The van der Waals surface area contributed by atoms with Gasteiger partial charge in [-0.1, -0.05) is 0 Å². The van der Waals surface area contributed by atoms with Crippen LogP contribution in [0.2, 0.25) is 0 Å². The summed E-state index contributed by atoms with van der Waals surface area (Å²) >= 11 is 3.19. The molecule has 2 aliphatic rings. The number of nitrogens with zero attached hydrogens (tertiary/aromatic N) is 3. The van der Waals surface area contributed by atoms with Gasteiger partial charge < -0.3 is 31.2 Å². The molecule has 1 spiro atoms. The van der Waals surface area contributed by atoms with Gasteiger partial charge in [0.05, 0.1) is 18.8 Å². The van der Waals surface area contributed by atoms with Crippen molar-refractivity contribution in [1.29, 1.82) is 0 Å². The maximum atomic E-state index is 12.4. The monoisotopic (exact) mass is 484 g/mol. The topological polar surface area (TPSA) is 146 Å². The molecule has 1 aromatic heterocycles. The summed E-state index contributed by atoms with van der Waals surface area (Å²) in [6.07, 6.45) is 0.879. The minimum Gasteiger partial charge on any atom is -0.444 e. The Morgan fingerprint density at radius 3 is 2.50 bits per heavy atom. The van der Waals surface area contributed by atoms with Gasteiger partial charge in [0.2, 0.25) is 0 Å². The van der Waals surface area contributed by atoms with Crippen LogP contribution >= 0.6 is 15.9 Å². The fourth-order valence-corrected chi connectivity index (χ4v) is 4.38. The molecule has 0 aromatic carbocycles. The molecular formula is C19H29BrN6O4. The molecule has 30 heavy (non-hydrogen) atoms. The Labute approximate surface area is 184 Å². The number of halogens is 1. The Morgan fingerprint density at radius 1 is 1.30 bits per heavy atom. The third-order valence-electron chi connectivity index (χ3n) is 5.59. The number of ether oxygens (including phenoxy) is 2. The van der Waals surface area contributed by atoms with E-state index in [-0.39, 0.29) is 33.7 Å². The molecule has 2 atom stereocenters. The van der Waals surface area contributed by atoms with Crippen molar-refractivity contribution < 1.29 is 19.1 Å². The minimum absolute atomic E-state index is 0.0755. The van der Waals surface area contributed by atoms with E-state index in [0.29, 0.717) is 25.5 Å². The summed E-state index contributed by atoms with van der Waals surface area (Å²) in [4.78, 5) is 34.7. The molecule has 0 radical (unpaired) electrons. The van der Waals surface area contributed by atoms with Crippen LogP contribution in [0.5, 0.6) is 0 Å². The van der Waals surface area contributed by atoms with Gasteiger partial charge >= 0.3 is 6.09 Å². The number of hydrogen-bond donors (Lipinski definition) is 3. The number of rotatable bonds is 3. The van der Waals surface area contributed by atoms with Crippen LogP contribution < -0.4 is 21.7 Å². The lowest BCUT2D eigenvalue weighted by atomic mass is 9.73. The van der Waals surface area contributed by atoms with Crippen LogP contribution in [0.1, 0.15) is 51.0 Å². The number of piperidine rings is 1. The highest BCUT2D eigenvalue weighted by atomic mass is 79.9. The number of primary amides is 1. The molecule has 2 fully saturated rings. The summed E-state index contributed by atoms with van der Waals surface area (Å²) in [7, 11) is 0. The number of nitrogens with two attached hydrogens (primary N) is 2. The smallest absolute Gasteiger partial charge is 0.407 e. The first kappa shape index (κ1) is 22.5. The fraction of sp³-hybridized carbons (Fsp3) is 0.684. The van der Waals surface area contributed by atoms with E-state index in [1.165, 1.54) is 0 Å². The van der Waals surface area contributed by atoms with E-state index in [4.69, 9.17) is 20.9 Å². The van der Waals surface area contributed by atoms with Crippen molar-refractivity contribution in [3.05, 3.63) is 10.3 Å². The molecule has 1 aromatic rings. The average Bonchev–Trinajstić information content (AvgIpc) is 2.92. The van der Waals surface area contributed by atoms with E-state index in [9.17, 15) is 9.59 Å². The zero-order valence-corrected chi connectivity index (χ0v) is 19.3. The van der Waals surface area contributed by atoms with Gasteiger partial charge in [0, 0.05) is 18.5 Å². The molecule has 5 N–H and O–H groups in total. The van der Waals surface area contributed by atoms with Crippen LogP contribution in [0.3, 0.4) is 0 Å². The van der Waals surface area contributed by atoms with E-state index >= 15 is 0 Å². The summed E-state index contributed by atoms with van der Waals surface area (Å²) in [5, 5.41) is 3.01. The normalized spacial score (nSPS) is 23.4. The Hall–Kier alpha value is -2.14. The van der Waals surface area contributed by atoms with E-state index < -0.39 is 17.6 Å². The second-order valence-electron chi connectivity index (χ2n) is 8.93. The van der Waals surface area contributed by atoms with Crippen LogP contribution in [-0.4, -0.2) is 59.4 Å². The number of amides is 2. The van der Waals surface area contributed by atoms with Crippen molar-refractivity contribution in [2.24, 2.45) is 11.1 Å². The van der Waals surface area contributed by atoms with Crippen LogP contribution in [-0.2, 0) is 9.47 Å². The highest BCUT2D eigenvalue weighted by Crippen LogP contribution is 2.43. The molecule has 166 valence electrons. The highest BCUT2D eigenvalue weighted by Gasteiger charge is 2.50. The molecule has 0 aliphatic carbocycles. The maximum absolute atomic E-state index is 12.4. The first-order valence-electron chi connectivity index (χ1n) is 9.91. The van der Waals surface area contributed by atoms with E-state index in [2.05, 4.69) is 31.2 Å². The molecule has 2 aliphatic heterocycles. The van der Waals surface area contributed by atoms with Crippen LogP contribution in [0.15, 0.2) is 4.60 Å². The molecule has 11 heteroatoms. The van der Waals surface area contributed by atoms with Gasteiger partial charge in [-0.25, -0.2) is 14.8 Å². The van der Waals surface area contributed by atoms with Crippen molar-refractivity contribution in [2.45, 2.75) is 58.3 Å². The molecule has 0 unspecified atom stereocenters. The fourth-order valence-electron chi connectivity index (χ4n) is 4.11. The minimum atomic E-state index is -0.666.